The van der Waals surface area contributed by atoms with Crippen molar-refractivity contribution in [1.82, 2.24) is 20.4 Å². The molecule has 0 spiro atoms. The second kappa shape index (κ2) is 20.6. The normalized spacial score (nSPS) is 18.2. The average molecular weight is 831 g/mol. The van der Waals surface area contributed by atoms with Gasteiger partial charge in [0.25, 0.3) is 0 Å². The summed E-state index contributed by atoms with van der Waals surface area (Å²) in [5, 5.41) is 11.4. The number of benzene rings is 2. The van der Waals surface area contributed by atoms with Gasteiger partial charge in [0.2, 0.25) is 29.5 Å². The number of likely N-dealkylation sites (tertiary alicyclic amines) is 2. The van der Waals surface area contributed by atoms with Gasteiger partial charge >= 0.3 is 5.97 Å². The van der Waals surface area contributed by atoms with E-state index in [1.807, 2.05) is 32.3 Å². The Balaban J connectivity index is 1.25. The summed E-state index contributed by atoms with van der Waals surface area (Å²) in [6.45, 7) is 13.5. The number of carbonyl (C=O) groups is 6. The third-order valence-electron chi connectivity index (χ3n) is 10.5. The van der Waals surface area contributed by atoms with Crippen molar-refractivity contribution in [2.24, 2.45) is 0 Å². The molecule has 13 nitrogen and oxygen atoms in total. The summed E-state index contributed by atoms with van der Waals surface area (Å²) in [6, 6.07) is 10.9. The van der Waals surface area contributed by atoms with E-state index < -0.39 is 17.1 Å². The predicted molar refractivity (Wildman–Crippen MR) is 231 cm³/mol. The van der Waals surface area contributed by atoms with Gasteiger partial charge < -0.3 is 30.9 Å². The van der Waals surface area contributed by atoms with E-state index in [1.165, 1.54) is 23.6 Å². The van der Waals surface area contributed by atoms with Gasteiger partial charge in [-0.25, -0.2) is 0 Å². The van der Waals surface area contributed by atoms with Crippen molar-refractivity contribution in [3.8, 4) is 11.1 Å². The molecule has 2 aromatic carbocycles. The first-order chi connectivity index (χ1) is 27.8. The zero-order chi connectivity index (χ0) is 41.9. The molecule has 3 aliphatic rings. The lowest BCUT2D eigenvalue weighted by atomic mass is 9.97. The van der Waals surface area contributed by atoms with E-state index in [1.54, 1.807) is 34.9 Å². The van der Waals surface area contributed by atoms with Crippen LogP contribution < -0.4 is 21.3 Å². The topological polar surface area (TPSA) is 166 Å². The van der Waals surface area contributed by atoms with E-state index in [4.69, 9.17) is 4.74 Å². The number of amides is 5. The molecule has 2 heterocycles. The summed E-state index contributed by atoms with van der Waals surface area (Å²) < 4.78 is 5.48. The molecule has 3 unspecified atom stereocenters. The highest BCUT2D eigenvalue weighted by atomic mass is 32.2. The summed E-state index contributed by atoms with van der Waals surface area (Å²) in [4.78, 5) is 80.8. The fourth-order valence-electron chi connectivity index (χ4n) is 7.32. The van der Waals surface area contributed by atoms with Crippen LogP contribution in [-0.4, -0.2) is 101 Å². The number of hydrogen-bond acceptors (Lipinski definition) is 11. The quantitative estimate of drug-likeness (QED) is 0.0649. The van der Waals surface area contributed by atoms with Gasteiger partial charge in [0.05, 0.1) is 10.5 Å². The predicted octanol–water partition coefficient (Wildman–Crippen LogP) is 5.75. The maximum atomic E-state index is 13.5. The van der Waals surface area contributed by atoms with Crippen LogP contribution in [0.4, 0.5) is 11.4 Å². The van der Waals surface area contributed by atoms with Crippen molar-refractivity contribution >= 4 is 70.4 Å². The molecule has 0 radical (unpaired) electrons. The Morgan fingerprint density at radius 1 is 0.741 bits per heavy atom. The molecule has 2 aliphatic heterocycles. The molecule has 5 amide bonds. The van der Waals surface area contributed by atoms with E-state index in [0.717, 1.165) is 54.0 Å². The Labute approximate surface area is 349 Å². The standard InChI is InChI=1S/C43H54N6O7S2/c1-26(44-5)11-9-21-57-35-23-28(3)48(42(35)54)19-17-37(51)46-33-15-7-13-30-32(25-56-29(4)50)31-14-8-16-34(41(31)40(30)33)47-38(52)18-20-49-39(53)24-36(43(49)55)58-22-10-12-27(2)45-6/h7-8,13-16,32,35-36,44-45H,1-3,9-12,17-25H2,4-6H3,(H,46,51)(H,47,52). The van der Waals surface area contributed by atoms with Crippen molar-refractivity contribution in [3.63, 3.8) is 0 Å². The molecule has 58 heavy (non-hydrogen) atoms. The Morgan fingerprint density at radius 3 is 1.72 bits per heavy atom. The number of allylic oxidation sites excluding steroid dienone is 3. The second-order valence-electron chi connectivity index (χ2n) is 14.5. The molecule has 2 saturated heterocycles. The number of nitrogens with zero attached hydrogens (tertiary/aromatic N) is 2. The highest BCUT2D eigenvalue weighted by Crippen LogP contribution is 2.51. The van der Waals surface area contributed by atoms with E-state index >= 15 is 0 Å². The van der Waals surface area contributed by atoms with E-state index in [9.17, 15) is 28.8 Å². The molecular weight excluding hydrogens is 777 g/mol. The fraction of sp³-hybridized carbons (Fsp3) is 0.442. The number of nitrogens with one attached hydrogen (secondary N) is 4. The Morgan fingerprint density at radius 2 is 1.22 bits per heavy atom. The van der Waals surface area contributed by atoms with Gasteiger partial charge in [-0.05, 0) is 60.4 Å². The number of fused-ring (bicyclic) bond motifs is 3. The van der Waals surface area contributed by atoms with Gasteiger partial charge in [-0.2, -0.15) is 0 Å². The number of imide groups is 1. The van der Waals surface area contributed by atoms with Crippen LogP contribution in [0.1, 0.15) is 75.3 Å². The largest absolute Gasteiger partial charge is 0.465 e. The molecule has 1 aliphatic carbocycles. The van der Waals surface area contributed by atoms with Gasteiger partial charge in [-0.1, -0.05) is 44.0 Å². The molecule has 310 valence electrons. The Bertz CT molecular complexity index is 1840. The monoisotopic (exact) mass is 830 g/mol. The van der Waals surface area contributed by atoms with E-state index in [2.05, 4.69) is 41.0 Å². The van der Waals surface area contributed by atoms with Gasteiger partial charge in [0.1, 0.15) is 6.61 Å². The lowest BCUT2D eigenvalue weighted by Crippen LogP contribution is -2.34. The van der Waals surface area contributed by atoms with Gasteiger partial charge in [-0.15, -0.1) is 23.5 Å². The summed E-state index contributed by atoms with van der Waals surface area (Å²) in [6.07, 6.45) is 3.92. The molecule has 2 aromatic rings. The summed E-state index contributed by atoms with van der Waals surface area (Å²) in [5.41, 5.74) is 6.51. The van der Waals surface area contributed by atoms with Crippen molar-refractivity contribution < 1.29 is 33.5 Å². The highest BCUT2D eigenvalue weighted by molar-refractivity contribution is 8.00. The Kier molecular flexibility index (Phi) is 15.7. The maximum Gasteiger partial charge on any atom is 0.302 e. The summed E-state index contributed by atoms with van der Waals surface area (Å²) >= 11 is 3.05. The smallest absolute Gasteiger partial charge is 0.302 e. The zero-order valence-electron chi connectivity index (χ0n) is 33.6. The SMILES string of the molecule is C=C(CCCSC1CC(=C)N(CCC(=O)Nc2cccc3c2-c2c(NC(=O)CCN4C(=O)CC(SCCCC(=C)NC)C4=O)cccc2C3COC(C)=O)C1=O)NC. The average Bonchev–Trinajstić information content (AvgIpc) is 3.78. The third-order valence-corrected chi connectivity index (χ3v) is 13.0. The number of ether oxygens (including phenoxy) is 1. The molecule has 2 fully saturated rings. The van der Waals surface area contributed by atoms with Crippen LogP contribution in [0.25, 0.3) is 11.1 Å². The zero-order valence-corrected chi connectivity index (χ0v) is 35.2. The van der Waals surface area contributed by atoms with Crippen molar-refractivity contribution in [2.45, 2.75) is 74.7 Å². The fourth-order valence-corrected chi connectivity index (χ4v) is 9.62. The minimum atomic E-state index is -0.467. The number of hydrogen-bond donors (Lipinski definition) is 4. The number of esters is 1. The first-order valence-corrected chi connectivity index (χ1v) is 21.7. The van der Waals surface area contributed by atoms with Crippen LogP contribution in [0.5, 0.6) is 0 Å². The van der Waals surface area contributed by atoms with Crippen LogP contribution in [-0.2, 0) is 33.5 Å². The first-order valence-electron chi connectivity index (χ1n) is 19.6. The van der Waals surface area contributed by atoms with Gasteiger partial charge in [0, 0.05) is 105 Å². The first kappa shape index (κ1) is 44.1. The molecular formula is C43H54N6O7S2. The van der Waals surface area contributed by atoms with Gasteiger partial charge in [0.15, 0.2) is 0 Å². The lowest BCUT2D eigenvalue weighted by molar-refractivity contribution is -0.141. The Hall–Kier alpha value is -5.02. The minimum Gasteiger partial charge on any atom is -0.465 e. The number of thioether (sulfide) groups is 2. The number of carbonyl (C=O) groups excluding carboxylic acids is 6. The van der Waals surface area contributed by atoms with Crippen LogP contribution in [0.15, 0.2) is 73.2 Å². The van der Waals surface area contributed by atoms with Crippen molar-refractivity contribution in [2.75, 3.05) is 55.9 Å². The van der Waals surface area contributed by atoms with E-state index in [0.29, 0.717) is 40.4 Å². The molecule has 15 heteroatoms. The third kappa shape index (κ3) is 10.9. The molecule has 3 atom stereocenters. The molecule has 0 aromatic heterocycles. The number of anilines is 2. The molecule has 0 bridgehead atoms. The second-order valence-corrected chi connectivity index (χ2v) is 17.1. The summed E-state index contributed by atoms with van der Waals surface area (Å²) in [5.74, 6) is -0.595. The van der Waals surface area contributed by atoms with E-state index in [-0.39, 0.29) is 73.8 Å². The molecule has 5 rings (SSSR count). The van der Waals surface area contributed by atoms with Crippen LogP contribution in [0.3, 0.4) is 0 Å². The maximum absolute atomic E-state index is 13.5. The van der Waals surface area contributed by atoms with Crippen molar-refractivity contribution in [3.05, 3.63) is 84.4 Å². The van der Waals surface area contributed by atoms with Crippen LogP contribution in [0, 0.1) is 0 Å². The number of rotatable bonds is 22. The summed E-state index contributed by atoms with van der Waals surface area (Å²) in [7, 11) is 3.66. The molecule has 4 N–H and O–H groups in total. The van der Waals surface area contributed by atoms with Crippen LogP contribution >= 0.6 is 23.5 Å². The lowest BCUT2D eigenvalue weighted by Gasteiger charge is -2.19. The van der Waals surface area contributed by atoms with Crippen LogP contribution in [0.2, 0.25) is 0 Å². The minimum absolute atomic E-state index is 0.0370. The van der Waals surface area contributed by atoms with Gasteiger partial charge in [-0.3, -0.25) is 33.7 Å². The highest BCUT2D eigenvalue weighted by Gasteiger charge is 2.39. The molecule has 0 saturated carbocycles. The van der Waals surface area contributed by atoms with Crippen molar-refractivity contribution in [1.29, 1.82) is 0 Å².